The summed E-state index contributed by atoms with van der Waals surface area (Å²) in [6, 6.07) is 0.587. The molecule has 2 N–H and O–H groups in total. The molecule has 2 aliphatic heterocycles. The molecular weight excluding hydrogens is 462 g/mol. The van der Waals surface area contributed by atoms with E-state index in [1.807, 2.05) is 22.8 Å². The molecule has 2 aromatic rings. The number of aromatic nitrogens is 3. The number of nitrogens with zero attached hydrogens (tertiary/aromatic N) is 5. The summed E-state index contributed by atoms with van der Waals surface area (Å²) in [6.07, 6.45) is 8.65. The molecule has 34 heavy (non-hydrogen) atoms. The minimum atomic E-state index is -0.295. The van der Waals surface area contributed by atoms with Gasteiger partial charge >= 0.3 is 0 Å². The summed E-state index contributed by atoms with van der Waals surface area (Å²) in [5.74, 6) is 1.21. The first kappa shape index (κ1) is 25.8. The molecule has 0 aromatic carbocycles. The highest BCUT2D eigenvalue weighted by atomic mass is 32.1. The standard InChI is InChI=1S/C20H27N5O2S.2CH2O2/c26-19-11-20(3-6-23(7-4-20)12-16-14-28-15-22-16)27-10-9-24(19)13-18-21-5-8-25(18)17-1-2-17;2*2-1-3/h5,8,14-15,17H,1-4,6-7,9-13H2;2*1H,(H,2,3). The molecule has 2 aromatic heterocycles. The Kier molecular flexibility index (Phi) is 9.54. The molecule has 1 amide bonds. The maximum atomic E-state index is 13.0. The highest BCUT2D eigenvalue weighted by molar-refractivity contribution is 7.07. The van der Waals surface area contributed by atoms with Gasteiger partial charge in [0, 0.05) is 50.0 Å². The number of likely N-dealkylation sites (tertiary alicyclic amines) is 1. The summed E-state index contributed by atoms with van der Waals surface area (Å²) in [4.78, 5) is 43.0. The molecule has 0 radical (unpaired) electrons. The van der Waals surface area contributed by atoms with Gasteiger partial charge < -0.3 is 24.4 Å². The number of carbonyl (C=O) groups is 3. The van der Waals surface area contributed by atoms with Crippen molar-refractivity contribution in [3.05, 3.63) is 34.8 Å². The van der Waals surface area contributed by atoms with Crippen molar-refractivity contribution in [3.8, 4) is 0 Å². The Balaban J connectivity index is 0.000000492. The average Bonchev–Trinajstić information content (AvgIpc) is 3.37. The molecule has 5 rings (SSSR count). The van der Waals surface area contributed by atoms with E-state index < -0.39 is 0 Å². The van der Waals surface area contributed by atoms with Crippen molar-refractivity contribution in [2.24, 2.45) is 0 Å². The molecule has 3 fully saturated rings. The van der Waals surface area contributed by atoms with Crippen LogP contribution in [0.5, 0.6) is 0 Å². The van der Waals surface area contributed by atoms with Crippen molar-refractivity contribution in [2.45, 2.75) is 56.8 Å². The predicted molar refractivity (Wildman–Crippen MR) is 123 cm³/mol. The van der Waals surface area contributed by atoms with Crippen LogP contribution >= 0.6 is 11.3 Å². The lowest BCUT2D eigenvalue weighted by molar-refractivity contribution is -0.136. The van der Waals surface area contributed by atoms with Gasteiger partial charge in [-0.2, -0.15) is 0 Å². The van der Waals surface area contributed by atoms with Gasteiger partial charge in [0.05, 0.1) is 36.4 Å². The van der Waals surface area contributed by atoms with Crippen LogP contribution in [-0.4, -0.2) is 85.2 Å². The smallest absolute Gasteiger partial charge is 0.290 e. The minimum absolute atomic E-state index is 0.204. The third kappa shape index (κ3) is 7.08. The number of hydrogen-bond donors (Lipinski definition) is 2. The van der Waals surface area contributed by atoms with Gasteiger partial charge in [0.1, 0.15) is 5.82 Å². The summed E-state index contributed by atoms with van der Waals surface area (Å²) in [6.45, 7) is 4.16. The van der Waals surface area contributed by atoms with E-state index >= 15 is 0 Å². The van der Waals surface area contributed by atoms with Crippen LogP contribution in [0.2, 0.25) is 0 Å². The predicted octanol–water partition coefficient (Wildman–Crippen LogP) is 1.86. The van der Waals surface area contributed by atoms with Gasteiger partial charge in [0.15, 0.2) is 0 Å². The Hall–Kier alpha value is -2.83. The molecular formula is C22H31N5O6S. The van der Waals surface area contributed by atoms with Crippen LogP contribution in [0.3, 0.4) is 0 Å². The van der Waals surface area contributed by atoms with Gasteiger partial charge in [-0.15, -0.1) is 11.3 Å². The first-order valence-corrected chi connectivity index (χ1v) is 12.2. The normalized spacial score (nSPS) is 19.9. The monoisotopic (exact) mass is 493 g/mol. The van der Waals surface area contributed by atoms with E-state index in [1.165, 1.54) is 12.8 Å². The largest absolute Gasteiger partial charge is 0.483 e. The molecule has 2 saturated heterocycles. The summed E-state index contributed by atoms with van der Waals surface area (Å²) in [7, 11) is 0. The zero-order chi connectivity index (χ0) is 24.4. The zero-order valence-corrected chi connectivity index (χ0v) is 19.8. The van der Waals surface area contributed by atoms with Gasteiger partial charge in [-0.05, 0) is 25.7 Å². The number of hydrogen-bond acceptors (Lipinski definition) is 8. The molecule has 1 saturated carbocycles. The third-order valence-electron chi connectivity index (χ3n) is 6.25. The SMILES string of the molecule is O=C1CC2(CCN(Cc3cscn3)CC2)OCCN1Cc1nccn1C1CC1.O=CO.O=CO. The lowest BCUT2D eigenvalue weighted by atomic mass is 9.87. The number of piperidine rings is 1. The molecule has 4 heterocycles. The number of rotatable bonds is 5. The van der Waals surface area contributed by atoms with Gasteiger partial charge in [0.25, 0.3) is 12.9 Å². The van der Waals surface area contributed by atoms with E-state index in [4.69, 9.17) is 24.5 Å². The quantitative estimate of drug-likeness (QED) is 0.598. The van der Waals surface area contributed by atoms with Crippen molar-refractivity contribution >= 4 is 30.2 Å². The lowest BCUT2D eigenvalue weighted by Gasteiger charge is -2.40. The van der Waals surface area contributed by atoms with Gasteiger partial charge in [-0.1, -0.05) is 0 Å². The van der Waals surface area contributed by atoms with Crippen molar-refractivity contribution < 1.29 is 29.3 Å². The highest BCUT2D eigenvalue weighted by Gasteiger charge is 2.41. The number of thiazole rings is 1. The Morgan fingerprint density at radius 1 is 1.12 bits per heavy atom. The Labute approximate surface area is 202 Å². The molecule has 3 aliphatic rings. The second kappa shape index (κ2) is 12.6. The molecule has 0 unspecified atom stereocenters. The van der Waals surface area contributed by atoms with E-state index in [0.717, 1.165) is 44.0 Å². The Morgan fingerprint density at radius 3 is 2.44 bits per heavy atom. The minimum Gasteiger partial charge on any atom is -0.483 e. The van der Waals surface area contributed by atoms with Crippen LogP contribution in [0.1, 0.15) is 49.7 Å². The van der Waals surface area contributed by atoms with Gasteiger partial charge in [-0.3, -0.25) is 19.3 Å². The van der Waals surface area contributed by atoms with E-state index in [0.29, 0.717) is 32.2 Å². The number of amides is 1. The van der Waals surface area contributed by atoms with Crippen LogP contribution in [0.15, 0.2) is 23.3 Å². The van der Waals surface area contributed by atoms with E-state index in [9.17, 15) is 4.79 Å². The number of carbonyl (C=O) groups excluding carboxylic acids is 1. The van der Waals surface area contributed by atoms with Crippen LogP contribution in [0.25, 0.3) is 0 Å². The van der Waals surface area contributed by atoms with Crippen molar-refractivity contribution in [1.29, 1.82) is 0 Å². The Bertz CT molecular complexity index is 903. The van der Waals surface area contributed by atoms with Crippen LogP contribution in [0, 0.1) is 0 Å². The summed E-state index contributed by atoms with van der Waals surface area (Å²) in [5.41, 5.74) is 2.73. The summed E-state index contributed by atoms with van der Waals surface area (Å²) >= 11 is 1.64. The van der Waals surface area contributed by atoms with Crippen LogP contribution < -0.4 is 0 Å². The first-order chi connectivity index (χ1) is 16.5. The number of carboxylic acid groups (broad SMARTS) is 2. The number of imidazole rings is 1. The van der Waals surface area contributed by atoms with Gasteiger partial charge in [0.2, 0.25) is 5.91 Å². The second-order valence-corrected chi connectivity index (χ2v) is 9.19. The first-order valence-electron chi connectivity index (χ1n) is 11.2. The molecule has 0 atom stereocenters. The third-order valence-corrected chi connectivity index (χ3v) is 6.89. The lowest BCUT2D eigenvalue weighted by Crippen LogP contribution is -2.47. The molecule has 11 nitrogen and oxygen atoms in total. The van der Waals surface area contributed by atoms with Crippen LogP contribution in [-0.2, 0) is 32.2 Å². The van der Waals surface area contributed by atoms with Crippen molar-refractivity contribution in [3.63, 3.8) is 0 Å². The summed E-state index contributed by atoms with van der Waals surface area (Å²) in [5, 5.41) is 15.9. The van der Waals surface area contributed by atoms with E-state index in [-0.39, 0.29) is 24.5 Å². The van der Waals surface area contributed by atoms with Crippen LogP contribution in [0.4, 0.5) is 0 Å². The maximum Gasteiger partial charge on any atom is 0.290 e. The molecule has 186 valence electrons. The zero-order valence-electron chi connectivity index (χ0n) is 19.0. The van der Waals surface area contributed by atoms with Crippen molar-refractivity contribution in [1.82, 2.24) is 24.3 Å². The molecule has 1 spiro atoms. The second-order valence-electron chi connectivity index (χ2n) is 8.47. The number of ether oxygens (including phenoxy) is 1. The fourth-order valence-electron chi connectivity index (χ4n) is 4.41. The van der Waals surface area contributed by atoms with Gasteiger partial charge in [-0.25, -0.2) is 9.97 Å². The van der Waals surface area contributed by atoms with E-state index in [2.05, 4.69) is 24.8 Å². The topological polar surface area (TPSA) is 138 Å². The molecule has 0 bridgehead atoms. The fraction of sp³-hybridized carbons (Fsp3) is 0.591. The Morgan fingerprint density at radius 2 is 1.82 bits per heavy atom. The summed E-state index contributed by atoms with van der Waals surface area (Å²) < 4.78 is 8.54. The maximum absolute atomic E-state index is 13.0. The highest BCUT2D eigenvalue weighted by Crippen LogP contribution is 2.36. The van der Waals surface area contributed by atoms with Crippen molar-refractivity contribution in [2.75, 3.05) is 26.2 Å². The molecule has 12 heteroatoms. The molecule has 1 aliphatic carbocycles. The average molecular weight is 494 g/mol. The fourth-order valence-corrected chi connectivity index (χ4v) is 4.96. The van der Waals surface area contributed by atoms with E-state index in [1.54, 1.807) is 11.3 Å².